The van der Waals surface area contributed by atoms with E-state index in [-0.39, 0.29) is 18.5 Å². The molecule has 0 saturated heterocycles. The lowest BCUT2D eigenvalue weighted by Gasteiger charge is -2.20. The van der Waals surface area contributed by atoms with E-state index < -0.39 is 5.97 Å². The molecule has 1 aliphatic carbocycles. The molecule has 17 heavy (non-hydrogen) atoms. The molecule has 1 amide bonds. The van der Waals surface area contributed by atoms with E-state index in [9.17, 15) is 9.59 Å². The highest BCUT2D eigenvalue weighted by Gasteiger charge is 2.34. The quantitative estimate of drug-likeness (QED) is 0.849. The Kier molecular flexibility index (Phi) is 3.66. The second-order valence-corrected chi connectivity index (χ2v) is 5.31. The zero-order chi connectivity index (χ0) is 12.4. The lowest BCUT2D eigenvalue weighted by atomic mass is 10.2. The van der Waals surface area contributed by atoms with Gasteiger partial charge in [0.2, 0.25) is 0 Å². The van der Waals surface area contributed by atoms with Crippen LogP contribution in [0.25, 0.3) is 0 Å². The van der Waals surface area contributed by atoms with Gasteiger partial charge in [-0.15, -0.1) is 0 Å². The van der Waals surface area contributed by atoms with Crippen LogP contribution in [0.2, 0.25) is 0 Å². The molecule has 5 heteroatoms. The maximum absolute atomic E-state index is 12.1. The molecular formula is C12H12INO3. The molecule has 0 aromatic heterocycles. The number of aliphatic carboxylic acids is 1. The van der Waals surface area contributed by atoms with Crippen molar-refractivity contribution < 1.29 is 14.7 Å². The smallest absolute Gasteiger partial charge is 0.323 e. The third-order valence-electron chi connectivity index (χ3n) is 2.65. The summed E-state index contributed by atoms with van der Waals surface area (Å²) in [4.78, 5) is 24.3. The number of nitrogens with zero attached hydrogens (tertiary/aromatic N) is 1. The van der Waals surface area contributed by atoms with Gasteiger partial charge in [0.25, 0.3) is 5.91 Å². The van der Waals surface area contributed by atoms with Crippen LogP contribution >= 0.6 is 22.6 Å². The van der Waals surface area contributed by atoms with Gasteiger partial charge in [0, 0.05) is 15.2 Å². The van der Waals surface area contributed by atoms with Crippen LogP contribution in [0.3, 0.4) is 0 Å². The SMILES string of the molecule is O=C(O)CN(C(=O)c1ccc(I)cc1)C1CC1. The van der Waals surface area contributed by atoms with E-state index in [2.05, 4.69) is 22.6 Å². The van der Waals surface area contributed by atoms with Crippen molar-refractivity contribution in [3.63, 3.8) is 0 Å². The lowest BCUT2D eigenvalue weighted by Crippen LogP contribution is -2.37. The molecule has 0 atom stereocenters. The fourth-order valence-electron chi connectivity index (χ4n) is 1.66. The van der Waals surface area contributed by atoms with Gasteiger partial charge in [-0.3, -0.25) is 9.59 Å². The van der Waals surface area contributed by atoms with E-state index in [1.165, 1.54) is 4.90 Å². The topological polar surface area (TPSA) is 57.6 Å². The molecule has 2 rings (SSSR count). The van der Waals surface area contributed by atoms with Gasteiger partial charge in [0.05, 0.1) is 0 Å². The van der Waals surface area contributed by atoms with Crippen LogP contribution < -0.4 is 0 Å². The fraction of sp³-hybridized carbons (Fsp3) is 0.333. The van der Waals surface area contributed by atoms with Gasteiger partial charge in [-0.2, -0.15) is 0 Å². The first-order valence-electron chi connectivity index (χ1n) is 5.36. The Morgan fingerprint density at radius 3 is 2.35 bits per heavy atom. The number of amides is 1. The number of carboxylic acids is 1. The molecule has 1 saturated carbocycles. The highest BCUT2D eigenvalue weighted by molar-refractivity contribution is 14.1. The van der Waals surface area contributed by atoms with E-state index in [0.717, 1.165) is 16.4 Å². The van der Waals surface area contributed by atoms with Crippen LogP contribution in [0, 0.1) is 3.57 Å². The number of carbonyl (C=O) groups is 2. The van der Waals surface area contributed by atoms with Crippen LogP contribution in [0.4, 0.5) is 0 Å². The molecule has 0 heterocycles. The number of rotatable bonds is 4. The standard InChI is InChI=1S/C12H12INO3/c13-9-3-1-8(2-4-9)12(17)14(7-11(15)16)10-5-6-10/h1-4,10H,5-7H2,(H,15,16). The van der Waals surface area contributed by atoms with E-state index >= 15 is 0 Å². The minimum absolute atomic E-state index is 0.109. The van der Waals surface area contributed by atoms with Gasteiger partial charge in [0.15, 0.2) is 0 Å². The zero-order valence-corrected chi connectivity index (χ0v) is 11.3. The van der Waals surface area contributed by atoms with Crippen molar-refractivity contribution in [2.75, 3.05) is 6.54 Å². The third kappa shape index (κ3) is 3.18. The van der Waals surface area contributed by atoms with Crippen molar-refractivity contribution in [1.29, 1.82) is 0 Å². The molecule has 90 valence electrons. The fourth-order valence-corrected chi connectivity index (χ4v) is 2.02. The number of benzene rings is 1. The summed E-state index contributed by atoms with van der Waals surface area (Å²) >= 11 is 2.16. The van der Waals surface area contributed by atoms with Gasteiger partial charge in [-0.1, -0.05) is 0 Å². The molecule has 1 fully saturated rings. The number of halogens is 1. The van der Waals surface area contributed by atoms with Crippen LogP contribution in [0.5, 0.6) is 0 Å². The maximum Gasteiger partial charge on any atom is 0.323 e. The van der Waals surface area contributed by atoms with Crippen molar-refractivity contribution in [3.05, 3.63) is 33.4 Å². The van der Waals surface area contributed by atoms with Crippen LogP contribution in [-0.2, 0) is 4.79 Å². The Morgan fingerprint density at radius 2 is 1.88 bits per heavy atom. The normalized spacial score (nSPS) is 14.4. The number of hydrogen-bond acceptors (Lipinski definition) is 2. The summed E-state index contributed by atoms with van der Waals surface area (Å²) in [7, 11) is 0. The first-order chi connectivity index (χ1) is 8.08. The molecule has 0 aliphatic heterocycles. The minimum atomic E-state index is -0.962. The monoisotopic (exact) mass is 345 g/mol. The molecule has 0 radical (unpaired) electrons. The number of hydrogen-bond donors (Lipinski definition) is 1. The Hall–Kier alpha value is -1.11. The highest BCUT2D eigenvalue weighted by atomic mass is 127. The Labute approximate surface area is 113 Å². The van der Waals surface area contributed by atoms with Crippen LogP contribution in [0.1, 0.15) is 23.2 Å². The van der Waals surface area contributed by atoms with E-state index in [1.54, 1.807) is 12.1 Å². The second-order valence-electron chi connectivity index (χ2n) is 4.06. The van der Waals surface area contributed by atoms with Gasteiger partial charge >= 0.3 is 5.97 Å². The number of carboxylic acid groups (broad SMARTS) is 1. The molecule has 1 aliphatic rings. The van der Waals surface area contributed by atoms with Crippen molar-refractivity contribution in [2.45, 2.75) is 18.9 Å². The predicted octanol–water partition coefficient (Wildman–Crippen LogP) is 1.98. The van der Waals surface area contributed by atoms with Crippen molar-refractivity contribution in [3.8, 4) is 0 Å². The summed E-state index contributed by atoms with van der Waals surface area (Å²) in [6.07, 6.45) is 1.81. The summed E-state index contributed by atoms with van der Waals surface area (Å²) in [5, 5.41) is 8.81. The summed E-state index contributed by atoms with van der Waals surface area (Å²) in [6, 6.07) is 7.28. The van der Waals surface area contributed by atoms with Gasteiger partial charge < -0.3 is 10.0 Å². The van der Waals surface area contributed by atoms with Gasteiger partial charge in [0.1, 0.15) is 6.54 Å². The Morgan fingerprint density at radius 1 is 1.29 bits per heavy atom. The van der Waals surface area contributed by atoms with Crippen molar-refractivity contribution in [2.24, 2.45) is 0 Å². The maximum atomic E-state index is 12.1. The molecular weight excluding hydrogens is 333 g/mol. The third-order valence-corrected chi connectivity index (χ3v) is 3.36. The van der Waals surface area contributed by atoms with E-state index in [0.29, 0.717) is 5.56 Å². The summed E-state index contributed by atoms with van der Waals surface area (Å²) < 4.78 is 1.05. The average Bonchev–Trinajstić information content (AvgIpc) is 3.09. The largest absolute Gasteiger partial charge is 0.480 e. The van der Waals surface area contributed by atoms with E-state index in [4.69, 9.17) is 5.11 Å². The summed E-state index contributed by atoms with van der Waals surface area (Å²) in [5.41, 5.74) is 0.554. The Balaban J connectivity index is 2.15. The first-order valence-corrected chi connectivity index (χ1v) is 6.44. The Bertz CT molecular complexity index is 440. The van der Waals surface area contributed by atoms with E-state index in [1.807, 2.05) is 12.1 Å². The van der Waals surface area contributed by atoms with Crippen LogP contribution in [-0.4, -0.2) is 34.5 Å². The lowest BCUT2D eigenvalue weighted by molar-refractivity contribution is -0.137. The molecule has 0 unspecified atom stereocenters. The zero-order valence-electron chi connectivity index (χ0n) is 9.10. The summed E-state index contributed by atoms with van der Waals surface area (Å²) in [5.74, 6) is -1.15. The first kappa shape index (κ1) is 12.3. The number of carbonyl (C=O) groups excluding carboxylic acids is 1. The van der Waals surface area contributed by atoms with Gasteiger partial charge in [-0.05, 0) is 59.7 Å². The molecule has 1 aromatic carbocycles. The van der Waals surface area contributed by atoms with Crippen molar-refractivity contribution >= 4 is 34.5 Å². The summed E-state index contributed by atoms with van der Waals surface area (Å²) in [6.45, 7) is -0.213. The minimum Gasteiger partial charge on any atom is -0.480 e. The van der Waals surface area contributed by atoms with Gasteiger partial charge in [-0.25, -0.2) is 0 Å². The molecule has 1 aromatic rings. The molecule has 4 nitrogen and oxygen atoms in total. The predicted molar refractivity (Wildman–Crippen MR) is 70.9 cm³/mol. The highest BCUT2D eigenvalue weighted by Crippen LogP contribution is 2.28. The second kappa shape index (κ2) is 5.03. The van der Waals surface area contributed by atoms with Crippen LogP contribution in [0.15, 0.2) is 24.3 Å². The molecule has 0 spiro atoms. The molecule has 0 bridgehead atoms. The average molecular weight is 345 g/mol. The van der Waals surface area contributed by atoms with Crippen molar-refractivity contribution in [1.82, 2.24) is 4.90 Å². The molecule has 1 N–H and O–H groups in total.